The van der Waals surface area contributed by atoms with Gasteiger partial charge < -0.3 is 19.7 Å². The summed E-state index contributed by atoms with van der Waals surface area (Å²) >= 11 is 5.39. The van der Waals surface area contributed by atoms with Crippen LogP contribution in [-0.4, -0.2) is 34.1 Å². The van der Waals surface area contributed by atoms with Crippen molar-refractivity contribution in [2.45, 2.75) is 32.8 Å². The third-order valence-electron chi connectivity index (χ3n) is 5.95. The van der Waals surface area contributed by atoms with Crippen LogP contribution in [0.2, 0.25) is 0 Å². The van der Waals surface area contributed by atoms with Gasteiger partial charge in [-0.15, -0.1) is 0 Å². The van der Waals surface area contributed by atoms with Crippen molar-refractivity contribution in [3.8, 4) is 11.3 Å². The zero-order valence-electron chi connectivity index (χ0n) is 19.2. The highest BCUT2D eigenvalue weighted by molar-refractivity contribution is 7.80. The molecule has 0 atom stereocenters. The highest BCUT2D eigenvalue weighted by Gasteiger charge is 2.22. The minimum absolute atomic E-state index is 0.0712. The molecular formula is C25H26N4O5S. The third-order valence-corrected chi connectivity index (χ3v) is 6.15. The van der Waals surface area contributed by atoms with E-state index in [1.165, 1.54) is 12.1 Å². The first-order valence-electron chi connectivity index (χ1n) is 11.3. The number of anilines is 2. The van der Waals surface area contributed by atoms with E-state index in [1.54, 1.807) is 18.2 Å². The number of aliphatic hydroxyl groups excluding tert-OH is 1. The Hall–Kier alpha value is -3.76. The van der Waals surface area contributed by atoms with E-state index in [9.17, 15) is 20.0 Å². The number of nitrogens with zero attached hydrogens (tertiary/aromatic N) is 2. The lowest BCUT2D eigenvalue weighted by molar-refractivity contribution is -0.384. The number of nitro groups is 1. The molecule has 2 heterocycles. The summed E-state index contributed by atoms with van der Waals surface area (Å²) in [6.45, 7) is 3.28. The number of carbonyl (C=O) groups excluding carboxylic acids is 1. The number of aliphatic hydroxyl groups is 1. The maximum atomic E-state index is 13.2. The van der Waals surface area contributed by atoms with Gasteiger partial charge in [0.2, 0.25) is 0 Å². The van der Waals surface area contributed by atoms with E-state index in [2.05, 4.69) is 15.5 Å². The van der Waals surface area contributed by atoms with Gasteiger partial charge in [-0.1, -0.05) is 12.1 Å². The Morgan fingerprint density at radius 2 is 1.91 bits per heavy atom. The average Bonchev–Trinajstić information content (AvgIpc) is 3.35. The molecule has 4 rings (SSSR count). The largest absolute Gasteiger partial charge is 0.459 e. The summed E-state index contributed by atoms with van der Waals surface area (Å²) in [6, 6.07) is 13.4. The van der Waals surface area contributed by atoms with Gasteiger partial charge in [0.1, 0.15) is 18.1 Å². The number of hydrogen-bond acceptors (Lipinski definition) is 7. The van der Waals surface area contributed by atoms with Gasteiger partial charge in [-0.05, 0) is 68.2 Å². The van der Waals surface area contributed by atoms with Gasteiger partial charge in [0.15, 0.2) is 5.11 Å². The van der Waals surface area contributed by atoms with E-state index in [1.807, 2.05) is 25.1 Å². The molecule has 10 heteroatoms. The minimum atomic E-state index is -0.515. The number of nitro benzene ring substituents is 1. The first-order chi connectivity index (χ1) is 16.9. The molecule has 0 aliphatic carbocycles. The van der Waals surface area contributed by atoms with Crippen LogP contribution in [0.25, 0.3) is 11.3 Å². The molecule has 9 nitrogen and oxygen atoms in total. The summed E-state index contributed by atoms with van der Waals surface area (Å²) in [5.74, 6) is 0.536. The van der Waals surface area contributed by atoms with E-state index >= 15 is 0 Å². The van der Waals surface area contributed by atoms with Gasteiger partial charge in [-0.25, -0.2) is 0 Å². The van der Waals surface area contributed by atoms with Gasteiger partial charge in [0, 0.05) is 36.5 Å². The molecule has 0 radical (unpaired) electrons. The summed E-state index contributed by atoms with van der Waals surface area (Å²) in [5.41, 5.74) is 3.06. The molecule has 1 aliphatic rings. The van der Waals surface area contributed by atoms with Crippen LogP contribution in [0.1, 0.15) is 40.9 Å². The van der Waals surface area contributed by atoms with Gasteiger partial charge in [0.05, 0.1) is 16.2 Å². The van der Waals surface area contributed by atoms with Crippen molar-refractivity contribution in [3.63, 3.8) is 0 Å². The van der Waals surface area contributed by atoms with Crippen LogP contribution in [0.4, 0.5) is 17.1 Å². The van der Waals surface area contributed by atoms with Crippen molar-refractivity contribution < 1.29 is 19.2 Å². The second-order valence-electron chi connectivity index (χ2n) is 8.37. The quantitative estimate of drug-likeness (QED) is 0.255. The maximum Gasteiger partial charge on any atom is 0.270 e. The number of aryl methyl sites for hydroxylation is 1. The summed E-state index contributed by atoms with van der Waals surface area (Å²) in [4.78, 5) is 26.1. The molecule has 0 unspecified atom stereocenters. The van der Waals surface area contributed by atoms with E-state index < -0.39 is 10.8 Å². The molecular weight excluding hydrogens is 468 g/mol. The number of furan rings is 1. The monoisotopic (exact) mass is 494 g/mol. The standard InChI is InChI=1S/C25H26N4O5S/c1-16-5-6-17(23-10-8-19(15-30)34-23)13-21(16)26-25(35)27-24(31)20-14-18(29(32)33)7-9-22(20)28-11-3-2-4-12-28/h5-10,13-14,30H,2-4,11-12,15H2,1H3,(H2,26,27,31,35). The molecule has 3 aromatic rings. The molecule has 1 amide bonds. The summed E-state index contributed by atoms with van der Waals surface area (Å²) in [5, 5.41) is 26.4. The predicted molar refractivity (Wildman–Crippen MR) is 138 cm³/mol. The first kappa shape index (κ1) is 24.4. The molecule has 1 saturated heterocycles. The van der Waals surface area contributed by atoms with Crippen molar-refractivity contribution in [1.82, 2.24) is 5.32 Å². The van der Waals surface area contributed by atoms with Gasteiger partial charge in [0.25, 0.3) is 11.6 Å². The van der Waals surface area contributed by atoms with Crippen LogP contribution >= 0.6 is 12.2 Å². The molecule has 1 fully saturated rings. The Kier molecular flexibility index (Phi) is 7.42. The second-order valence-corrected chi connectivity index (χ2v) is 8.78. The normalized spacial score (nSPS) is 13.4. The fourth-order valence-corrected chi connectivity index (χ4v) is 4.28. The Bertz CT molecular complexity index is 1270. The molecule has 1 aromatic heterocycles. The van der Waals surface area contributed by atoms with Gasteiger partial charge in [-0.2, -0.15) is 0 Å². The van der Waals surface area contributed by atoms with E-state index in [-0.39, 0.29) is 23.0 Å². The summed E-state index contributed by atoms with van der Waals surface area (Å²) < 4.78 is 5.60. The zero-order valence-corrected chi connectivity index (χ0v) is 20.1. The van der Waals surface area contributed by atoms with Crippen LogP contribution in [0.3, 0.4) is 0 Å². The first-order valence-corrected chi connectivity index (χ1v) is 11.7. The van der Waals surface area contributed by atoms with E-state index in [4.69, 9.17) is 16.6 Å². The lowest BCUT2D eigenvalue weighted by atomic mass is 10.1. The molecule has 0 bridgehead atoms. The van der Waals surface area contributed by atoms with Crippen LogP contribution in [0.15, 0.2) is 52.9 Å². The maximum absolute atomic E-state index is 13.2. The zero-order chi connectivity index (χ0) is 24.9. The number of nitrogens with one attached hydrogen (secondary N) is 2. The molecule has 0 saturated carbocycles. The Morgan fingerprint density at radius 3 is 2.60 bits per heavy atom. The summed E-state index contributed by atoms with van der Waals surface area (Å²) in [6.07, 6.45) is 3.13. The number of benzene rings is 2. The van der Waals surface area contributed by atoms with E-state index in [0.29, 0.717) is 22.9 Å². The number of rotatable bonds is 6. The Balaban J connectivity index is 1.53. The summed E-state index contributed by atoms with van der Waals surface area (Å²) in [7, 11) is 0. The second kappa shape index (κ2) is 10.7. The van der Waals surface area contributed by atoms with Gasteiger partial charge >= 0.3 is 0 Å². The molecule has 0 spiro atoms. The fourth-order valence-electron chi connectivity index (χ4n) is 4.08. The highest BCUT2D eigenvalue weighted by atomic mass is 32.1. The van der Waals surface area contributed by atoms with E-state index in [0.717, 1.165) is 43.5 Å². The SMILES string of the molecule is Cc1ccc(-c2ccc(CO)o2)cc1NC(=S)NC(=O)c1cc([N+](=O)[O-])ccc1N1CCCCC1. The number of non-ortho nitro benzene ring substituents is 1. The van der Waals surface area contributed by atoms with Crippen molar-refractivity contribution in [1.29, 1.82) is 0 Å². The Morgan fingerprint density at radius 1 is 1.14 bits per heavy atom. The van der Waals surface area contributed by atoms with Crippen molar-refractivity contribution >= 4 is 40.3 Å². The fraction of sp³-hybridized carbons (Fsp3) is 0.280. The van der Waals surface area contributed by atoms with Crippen molar-refractivity contribution in [2.24, 2.45) is 0 Å². The molecule has 182 valence electrons. The molecule has 1 aliphatic heterocycles. The van der Waals surface area contributed by atoms with Crippen molar-refractivity contribution in [2.75, 3.05) is 23.3 Å². The third kappa shape index (κ3) is 5.67. The Labute approximate surface area is 207 Å². The average molecular weight is 495 g/mol. The smallest absolute Gasteiger partial charge is 0.270 e. The number of carbonyl (C=O) groups is 1. The van der Waals surface area contributed by atoms with Crippen LogP contribution in [0.5, 0.6) is 0 Å². The lowest BCUT2D eigenvalue weighted by Gasteiger charge is -2.30. The molecule has 3 N–H and O–H groups in total. The predicted octanol–water partition coefficient (Wildman–Crippen LogP) is 4.77. The number of hydrogen-bond donors (Lipinski definition) is 3. The number of piperidine rings is 1. The molecule has 2 aromatic carbocycles. The topological polar surface area (TPSA) is 121 Å². The van der Waals surface area contributed by atoms with Crippen molar-refractivity contribution in [3.05, 3.63) is 75.5 Å². The minimum Gasteiger partial charge on any atom is -0.459 e. The number of amides is 1. The van der Waals surface area contributed by atoms with Crippen LogP contribution in [0, 0.1) is 17.0 Å². The lowest BCUT2D eigenvalue weighted by Crippen LogP contribution is -2.36. The van der Waals surface area contributed by atoms with Crippen LogP contribution < -0.4 is 15.5 Å². The van der Waals surface area contributed by atoms with Crippen LogP contribution in [-0.2, 0) is 6.61 Å². The molecule has 35 heavy (non-hydrogen) atoms. The number of thiocarbonyl (C=S) groups is 1. The van der Waals surface area contributed by atoms with Gasteiger partial charge in [-0.3, -0.25) is 20.2 Å². The highest BCUT2D eigenvalue weighted by Crippen LogP contribution is 2.29.